The number of unbranched alkanes of at least 4 members (excludes halogenated alkanes) is 1. The lowest BCUT2D eigenvalue weighted by molar-refractivity contribution is -0.121. The Morgan fingerprint density at radius 1 is 1.07 bits per heavy atom. The molecule has 0 fully saturated rings. The van der Waals surface area contributed by atoms with Crippen LogP contribution in [0.3, 0.4) is 0 Å². The molecular formula is C19H21N5O3. The number of amides is 1. The van der Waals surface area contributed by atoms with E-state index in [9.17, 15) is 14.4 Å². The molecule has 2 heterocycles. The third kappa shape index (κ3) is 4.11. The molecule has 2 aromatic heterocycles. The molecule has 0 unspecified atom stereocenters. The summed E-state index contributed by atoms with van der Waals surface area (Å²) in [4.78, 5) is 46.1. The van der Waals surface area contributed by atoms with Gasteiger partial charge in [-0.2, -0.15) is 0 Å². The van der Waals surface area contributed by atoms with Crippen LogP contribution in [0.5, 0.6) is 0 Å². The average molecular weight is 367 g/mol. The molecule has 140 valence electrons. The van der Waals surface area contributed by atoms with Gasteiger partial charge < -0.3 is 5.32 Å². The highest BCUT2D eigenvalue weighted by molar-refractivity contribution is 5.78. The number of benzene rings is 1. The maximum atomic E-state index is 13.0. The molecule has 0 spiro atoms. The van der Waals surface area contributed by atoms with Crippen molar-refractivity contribution in [1.29, 1.82) is 0 Å². The zero-order valence-electron chi connectivity index (χ0n) is 15.1. The molecule has 0 aliphatic heterocycles. The number of carbonyl (C=O) groups is 1. The largest absolute Gasteiger partial charge is 0.355 e. The summed E-state index contributed by atoms with van der Waals surface area (Å²) >= 11 is 0. The highest BCUT2D eigenvalue weighted by Gasteiger charge is 2.17. The first-order chi connectivity index (χ1) is 13.1. The maximum Gasteiger partial charge on any atom is 0.333 e. The lowest BCUT2D eigenvalue weighted by atomic mass is 10.2. The van der Waals surface area contributed by atoms with Crippen LogP contribution in [0.1, 0.15) is 25.3 Å². The van der Waals surface area contributed by atoms with Crippen LogP contribution in [0.25, 0.3) is 11.2 Å². The number of fused-ring (bicyclic) bond motifs is 1. The van der Waals surface area contributed by atoms with Crippen LogP contribution < -0.4 is 16.6 Å². The van der Waals surface area contributed by atoms with E-state index in [2.05, 4.69) is 15.3 Å². The number of carbonyl (C=O) groups excluding carboxylic acids is 1. The van der Waals surface area contributed by atoms with E-state index in [0.29, 0.717) is 6.54 Å². The van der Waals surface area contributed by atoms with Crippen molar-refractivity contribution in [2.75, 3.05) is 6.54 Å². The average Bonchev–Trinajstić information content (AvgIpc) is 2.69. The fourth-order valence-electron chi connectivity index (χ4n) is 2.78. The molecule has 0 aliphatic rings. The Morgan fingerprint density at radius 2 is 1.81 bits per heavy atom. The number of hydrogen-bond acceptors (Lipinski definition) is 5. The molecule has 0 aliphatic carbocycles. The topological polar surface area (TPSA) is 98.9 Å². The van der Waals surface area contributed by atoms with E-state index in [1.54, 1.807) is 0 Å². The first-order valence-electron chi connectivity index (χ1n) is 8.86. The summed E-state index contributed by atoms with van der Waals surface area (Å²) in [5, 5.41) is 2.77. The highest BCUT2D eigenvalue weighted by atomic mass is 16.2. The van der Waals surface area contributed by atoms with Crippen LogP contribution in [0.15, 0.2) is 52.3 Å². The van der Waals surface area contributed by atoms with Crippen LogP contribution in [0, 0.1) is 0 Å². The summed E-state index contributed by atoms with van der Waals surface area (Å²) in [6.45, 7) is 2.45. The smallest absolute Gasteiger partial charge is 0.333 e. The molecule has 27 heavy (non-hydrogen) atoms. The van der Waals surface area contributed by atoms with Gasteiger partial charge in [-0.25, -0.2) is 14.8 Å². The first kappa shape index (κ1) is 18.5. The van der Waals surface area contributed by atoms with Gasteiger partial charge in [0.2, 0.25) is 5.91 Å². The second-order valence-corrected chi connectivity index (χ2v) is 6.18. The second-order valence-electron chi connectivity index (χ2n) is 6.18. The van der Waals surface area contributed by atoms with Gasteiger partial charge in [-0.3, -0.25) is 18.7 Å². The molecule has 0 saturated carbocycles. The maximum absolute atomic E-state index is 13.0. The van der Waals surface area contributed by atoms with Gasteiger partial charge in [0, 0.05) is 18.9 Å². The van der Waals surface area contributed by atoms with Gasteiger partial charge in [0.15, 0.2) is 11.2 Å². The third-order valence-electron chi connectivity index (χ3n) is 4.18. The van der Waals surface area contributed by atoms with Gasteiger partial charge in [-0.1, -0.05) is 43.7 Å². The van der Waals surface area contributed by atoms with Crippen LogP contribution >= 0.6 is 0 Å². The number of aromatic nitrogens is 4. The minimum Gasteiger partial charge on any atom is -0.355 e. The van der Waals surface area contributed by atoms with Crippen molar-refractivity contribution in [1.82, 2.24) is 24.4 Å². The van der Waals surface area contributed by atoms with E-state index < -0.39 is 11.2 Å². The van der Waals surface area contributed by atoms with Crippen LogP contribution in [0.2, 0.25) is 0 Å². The Balaban J connectivity index is 2.05. The van der Waals surface area contributed by atoms with Crippen LogP contribution in [0.4, 0.5) is 0 Å². The van der Waals surface area contributed by atoms with E-state index in [1.807, 2.05) is 37.3 Å². The molecule has 0 bridgehead atoms. The molecule has 3 rings (SSSR count). The molecular weight excluding hydrogens is 346 g/mol. The second kappa shape index (κ2) is 8.39. The zero-order chi connectivity index (χ0) is 19.2. The lowest BCUT2D eigenvalue weighted by Gasteiger charge is -2.13. The summed E-state index contributed by atoms with van der Waals surface area (Å²) in [6.07, 6.45) is 4.60. The van der Waals surface area contributed by atoms with Crippen molar-refractivity contribution < 1.29 is 4.79 Å². The molecule has 8 heteroatoms. The fourth-order valence-corrected chi connectivity index (χ4v) is 2.78. The monoisotopic (exact) mass is 367 g/mol. The van der Waals surface area contributed by atoms with Crippen molar-refractivity contribution >= 4 is 17.1 Å². The van der Waals surface area contributed by atoms with Gasteiger partial charge in [-0.05, 0) is 12.0 Å². The van der Waals surface area contributed by atoms with Crippen molar-refractivity contribution in [2.24, 2.45) is 0 Å². The minimum absolute atomic E-state index is 0.0642. The molecule has 3 aromatic rings. The van der Waals surface area contributed by atoms with E-state index in [4.69, 9.17) is 0 Å². The molecule has 8 nitrogen and oxygen atoms in total. The molecule has 0 saturated heterocycles. The summed E-state index contributed by atoms with van der Waals surface area (Å²) in [5.74, 6) is -0.303. The molecule has 1 N–H and O–H groups in total. The van der Waals surface area contributed by atoms with E-state index in [0.717, 1.165) is 23.0 Å². The zero-order valence-corrected chi connectivity index (χ0v) is 15.1. The van der Waals surface area contributed by atoms with Crippen LogP contribution in [-0.2, 0) is 17.9 Å². The number of nitrogens with zero attached hydrogens (tertiary/aromatic N) is 4. The predicted octanol–water partition coefficient (Wildman–Crippen LogP) is 0.918. The Morgan fingerprint density at radius 3 is 2.56 bits per heavy atom. The summed E-state index contributed by atoms with van der Waals surface area (Å²) in [5.41, 5.74) is -0.118. The normalized spacial score (nSPS) is 10.9. The first-order valence-corrected chi connectivity index (χ1v) is 8.86. The standard InChI is InChI=1S/C19H21N5O3/c1-2-3-9-20-15(25)13-23-17-16(21-10-11-22-17)18(26)24(19(23)27)12-14-7-5-4-6-8-14/h4-8,10-11H,2-3,9,12-13H2,1H3,(H,20,25). The summed E-state index contributed by atoms with van der Waals surface area (Å²) < 4.78 is 2.29. The number of hydrogen-bond donors (Lipinski definition) is 1. The van der Waals surface area contributed by atoms with E-state index in [1.165, 1.54) is 17.0 Å². The number of rotatable bonds is 7. The Hall–Kier alpha value is -3.29. The number of nitrogens with one attached hydrogen (secondary N) is 1. The SMILES string of the molecule is CCCCNC(=O)Cn1c(=O)n(Cc2ccccc2)c(=O)c2nccnc21. The molecule has 1 aromatic carbocycles. The Bertz CT molecular complexity index is 1060. The minimum atomic E-state index is -0.581. The summed E-state index contributed by atoms with van der Waals surface area (Å²) in [7, 11) is 0. The molecule has 1 amide bonds. The highest BCUT2D eigenvalue weighted by Crippen LogP contribution is 2.03. The Kier molecular flexibility index (Phi) is 5.75. The molecule has 0 radical (unpaired) electrons. The van der Waals surface area contributed by atoms with Gasteiger partial charge >= 0.3 is 5.69 Å². The van der Waals surface area contributed by atoms with Crippen molar-refractivity contribution in [3.8, 4) is 0 Å². The summed E-state index contributed by atoms with van der Waals surface area (Å²) in [6, 6.07) is 9.18. The van der Waals surface area contributed by atoms with Gasteiger partial charge in [0.1, 0.15) is 6.54 Å². The van der Waals surface area contributed by atoms with Crippen molar-refractivity contribution in [2.45, 2.75) is 32.9 Å². The van der Waals surface area contributed by atoms with Gasteiger partial charge in [0.05, 0.1) is 6.54 Å². The Labute approximate surface area is 155 Å². The predicted molar refractivity (Wildman–Crippen MR) is 102 cm³/mol. The third-order valence-corrected chi connectivity index (χ3v) is 4.18. The lowest BCUT2D eigenvalue weighted by Crippen LogP contribution is -2.43. The fraction of sp³-hybridized carbons (Fsp3) is 0.316. The van der Waals surface area contributed by atoms with Crippen LogP contribution in [-0.4, -0.2) is 31.6 Å². The van der Waals surface area contributed by atoms with Gasteiger partial charge in [-0.15, -0.1) is 0 Å². The molecule has 0 atom stereocenters. The van der Waals surface area contributed by atoms with Crippen molar-refractivity contribution in [3.63, 3.8) is 0 Å². The van der Waals surface area contributed by atoms with Crippen molar-refractivity contribution in [3.05, 3.63) is 69.1 Å². The van der Waals surface area contributed by atoms with E-state index >= 15 is 0 Å². The van der Waals surface area contributed by atoms with Gasteiger partial charge in [0.25, 0.3) is 5.56 Å². The quantitative estimate of drug-likeness (QED) is 0.626. The van der Waals surface area contributed by atoms with E-state index in [-0.39, 0.29) is 30.2 Å².